The molecular weight excluding hydrogens is 216 g/mol. The molecule has 1 aromatic rings. The van der Waals surface area contributed by atoms with Gasteiger partial charge in [0.1, 0.15) is 6.33 Å². The zero-order chi connectivity index (χ0) is 12.1. The minimum absolute atomic E-state index is 0.204. The molecule has 17 heavy (non-hydrogen) atoms. The van der Waals surface area contributed by atoms with Crippen molar-refractivity contribution in [1.29, 1.82) is 0 Å². The van der Waals surface area contributed by atoms with Crippen molar-refractivity contribution in [3.63, 3.8) is 0 Å². The van der Waals surface area contributed by atoms with Gasteiger partial charge >= 0.3 is 0 Å². The third-order valence-electron chi connectivity index (χ3n) is 3.42. The van der Waals surface area contributed by atoms with Crippen LogP contribution in [0.3, 0.4) is 0 Å². The molecule has 1 atom stereocenters. The monoisotopic (exact) mass is 236 g/mol. The molecule has 0 spiro atoms. The fourth-order valence-electron chi connectivity index (χ4n) is 2.38. The molecule has 1 aliphatic heterocycles. The number of piperidine rings is 1. The van der Waals surface area contributed by atoms with Gasteiger partial charge in [-0.25, -0.2) is 9.97 Å². The van der Waals surface area contributed by atoms with Crippen molar-refractivity contribution in [2.45, 2.75) is 25.0 Å². The molecule has 2 N–H and O–H groups in total. The molecule has 0 aliphatic carbocycles. The maximum absolute atomic E-state index is 5.87. The van der Waals surface area contributed by atoms with Gasteiger partial charge in [-0.3, -0.25) is 4.90 Å². The van der Waals surface area contributed by atoms with E-state index in [1.54, 1.807) is 19.6 Å². The van der Waals surface area contributed by atoms with E-state index >= 15 is 0 Å². The lowest BCUT2D eigenvalue weighted by atomic mass is 10.0. The molecule has 2 heterocycles. The fraction of sp³-hybridized carbons (Fsp3) is 0.667. The summed E-state index contributed by atoms with van der Waals surface area (Å²) >= 11 is 0. The highest BCUT2D eigenvalue weighted by molar-refractivity contribution is 5.06. The van der Waals surface area contributed by atoms with E-state index in [4.69, 9.17) is 10.5 Å². The summed E-state index contributed by atoms with van der Waals surface area (Å²) in [6.45, 7) is 2.63. The molecule has 0 amide bonds. The quantitative estimate of drug-likeness (QED) is 0.828. The highest BCUT2D eigenvalue weighted by Crippen LogP contribution is 2.22. The first kappa shape index (κ1) is 12.4. The molecule has 1 fully saturated rings. The Morgan fingerprint density at radius 1 is 1.53 bits per heavy atom. The fourth-order valence-corrected chi connectivity index (χ4v) is 2.38. The molecule has 0 saturated carbocycles. The van der Waals surface area contributed by atoms with Gasteiger partial charge in [-0.15, -0.1) is 0 Å². The largest absolute Gasteiger partial charge is 0.381 e. The maximum atomic E-state index is 5.87. The Morgan fingerprint density at radius 2 is 2.29 bits per heavy atom. The first-order valence-electron chi connectivity index (χ1n) is 6.08. The van der Waals surface area contributed by atoms with Crippen LogP contribution in [-0.2, 0) is 4.74 Å². The number of ether oxygens (including phenoxy) is 1. The van der Waals surface area contributed by atoms with E-state index in [0.717, 1.165) is 31.6 Å². The number of methoxy groups -OCH3 is 1. The van der Waals surface area contributed by atoms with Crippen LogP contribution in [0, 0.1) is 0 Å². The van der Waals surface area contributed by atoms with E-state index in [9.17, 15) is 0 Å². The molecule has 1 saturated heterocycles. The normalized spacial score (nSPS) is 20.4. The molecule has 0 aromatic carbocycles. The van der Waals surface area contributed by atoms with Crippen molar-refractivity contribution in [2.24, 2.45) is 5.73 Å². The average molecular weight is 236 g/mol. The van der Waals surface area contributed by atoms with Crippen molar-refractivity contribution >= 4 is 0 Å². The Kier molecular flexibility index (Phi) is 4.42. The summed E-state index contributed by atoms with van der Waals surface area (Å²) in [6.07, 6.45) is 5.89. The zero-order valence-corrected chi connectivity index (χ0v) is 10.2. The molecular formula is C12H20N4O. The van der Waals surface area contributed by atoms with Crippen LogP contribution in [0.4, 0.5) is 0 Å². The van der Waals surface area contributed by atoms with Gasteiger partial charge in [-0.1, -0.05) is 0 Å². The van der Waals surface area contributed by atoms with Crippen LogP contribution < -0.4 is 5.73 Å². The summed E-state index contributed by atoms with van der Waals surface area (Å²) in [5.41, 5.74) is 6.88. The summed E-state index contributed by atoms with van der Waals surface area (Å²) in [6, 6.07) is 2.15. The van der Waals surface area contributed by atoms with Crippen molar-refractivity contribution in [2.75, 3.05) is 26.7 Å². The van der Waals surface area contributed by atoms with Crippen molar-refractivity contribution in [3.05, 3.63) is 24.3 Å². The lowest BCUT2D eigenvalue weighted by molar-refractivity contribution is 0.0274. The van der Waals surface area contributed by atoms with Crippen LogP contribution >= 0.6 is 0 Å². The van der Waals surface area contributed by atoms with E-state index in [1.165, 1.54) is 0 Å². The standard InChI is InChI=1S/C12H20N4O/c1-17-10-3-6-16(7-4-10)12(8-13)11-2-5-14-9-15-11/h2,5,9-10,12H,3-4,6-8,13H2,1H3. The number of rotatable bonds is 4. The number of nitrogens with two attached hydrogens (primary N) is 1. The lowest BCUT2D eigenvalue weighted by Gasteiger charge is -2.36. The van der Waals surface area contributed by atoms with E-state index in [2.05, 4.69) is 14.9 Å². The van der Waals surface area contributed by atoms with Crippen LogP contribution in [0.15, 0.2) is 18.6 Å². The van der Waals surface area contributed by atoms with Crippen LogP contribution in [0.5, 0.6) is 0 Å². The summed E-state index contributed by atoms with van der Waals surface area (Å²) in [7, 11) is 1.78. The summed E-state index contributed by atoms with van der Waals surface area (Å²) in [5, 5.41) is 0. The number of hydrogen-bond donors (Lipinski definition) is 1. The van der Waals surface area contributed by atoms with Gasteiger partial charge in [-0.05, 0) is 18.9 Å². The number of likely N-dealkylation sites (tertiary alicyclic amines) is 1. The van der Waals surface area contributed by atoms with E-state index in [0.29, 0.717) is 12.6 Å². The SMILES string of the molecule is COC1CCN(C(CN)c2ccncn2)CC1. The Hall–Kier alpha value is -1.04. The predicted octanol–water partition coefficient (Wildman–Crippen LogP) is 0.587. The van der Waals surface area contributed by atoms with Crippen molar-refractivity contribution in [3.8, 4) is 0 Å². The molecule has 2 rings (SSSR count). The minimum Gasteiger partial charge on any atom is -0.381 e. The molecule has 0 radical (unpaired) electrons. The van der Waals surface area contributed by atoms with Gasteiger partial charge in [0.15, 0.2) is 0 Å². The molecule has 1 aliphatic rings. The lowest BCUT2D eigenvalue weighted by Crippen LogP contribution is -2.41. The van der Waals surface area contributed by atoms with Gasteiger partial charge in [0.05, 0.1) is 17.8 Å². The van der Waals surface area contributed by atoms with Crippen LogP contribution in [0.2, 0.25) is 0 Å². The smallest absolute Gasteiger partial charge is 0.115 e. The molecule has 94 valence electrons. The summed E-state index contributed by atoms with van der Waals surface area (Å²) < 4.78 is 5.38. The average Bonchev–Trinajstić information content (AvgIpc) is 2.42. The summed E-state index contributed by atoms with van der Waals surface area (Å²) in [4.78, 5) is 10.6. The Morgan fingerprint density at radius 3 is 2.82 bits per heavy atom. The van der Waals surface area contributed by atoms with E-state index < -0.39 is 0 Å². The van der Waals surface area contributed by atoms with Gasteiger partial charge in [0, 0.05) is 32.9 Å². The summed E-state index contributed by atoms with van der Waals surface area (Å²) in [5.74, 6) is 0. The Bertz CT molecular complexity index is 325. The second kappa shape index (κ2) is 6.05. The first-order valence-corrected chi connectivity index (χ1v) is 6.08. The highest BCUT2D eigenvalue weighted by atomic mass is 16.5. The molecule has 5 nitrogen and oxygen atoms in total. The first-order chi connectivity index (χ1) is 8.35. The number of aromatic nitrogens is 2. The van der Waals surface area contributed by atoms with E-state index in [-0.39, 0.29) is 6.04 Å². The highest BCUT2D eigenvalue weighted by Gasteiger charge is 2.25. The third-order valence-corrected chi connectivity index (χ3v) is 3.42. The second-order valence-electron chi connectivity index (χ2n) is 4.36. The second-order valence-corrected chi connectivity index (χ2v) is 4.36. The third kappa shape index (κ3) is 3.00. The van der Waals surface area contributed by atoms with E-state index in [1.807, 2.05) is 6.07 Å². The predicted molar refractivity (Wildman–Crippen MR) is 65.4 cm³/mol. The Balaban J connectivity index is 2.00. The Labute approximate surface area is 102 Å². The zero-order valence-electron chi connectivity index (χ0n) is 10.2. The minimum atomic E-state index is 0.204. The number of nitrogens with zero attached hydrogens (tertiary/aromatic N) is 3. The number of hydrogen-bond acceptors (Lipinski definition) is 5. The van der Waals surface area contributed by atoms with Crippen molar-refractivity contribution < 1.29 is 4.74 Å². The van der Waals surface area contributed by atoms with Gasteiger partial charge < -0.3 is 10.5 Å². The van der Waals surface area contributed by atoms with Crippen molar-refractivity contribution in [1.82, 2.24) is 14.9 Å². The van der Waals surface area contributed by atoms with Gasteiger partial charge in [0.25, 0.3) is 0 Å². The molecule has 5 heteroatoms. The molecule has 1 aromatic heterocycles. The molecule has 1 unspecified atom stereocenters. The topological polar surface area (TPSA) is 64.3 Å². The van der Waals surface area contributed by atoms with Crippen LogP contribution in [0.25, 0.3) is 0 Å². The van der Waals surface area contributed by atoms with Gasteiger partial charge in [-0.2, -0.15) is 0 Å². The maximum Gasteiger partial charge on any atom is 0.115 e. The van der Waals surface area contributed by atoms with Gasteiger partial charge in [0.2, 0.25) is 0 Å². The van der Waals surface area contributed by atoms with Crippen LogP contribution in [0.1, 0.15) is 24.6 Å². The molecule has 0 bridgehead atoms. The van der Waals surface area contributed by atoms with Crippen LogP contribution in [-0.4, -0.2) is 47.7 Å².